The second-order valence-corrected chi connectivity index (χ2v) is 4.68. The van der Waals surface area contributed by atoms with Gasteiger partial charge in [-0.1, -0.05) is 0 Å². The van der Waals surface area contributed by atoms with E-state index < -0.39 is 11.4 Å². The lowest BCUT2D eigenvalue weighted by atomic mass is 10.3. The van der Waals surface area contributed by atoms with E-state index in [4.69, 9.17) is 5.73 Å². The minimum atomic E-state index is -4.28. The van der Waals surface area contributed by atoms with E-state index in [0.29, 0.717) is 5.69 Å². The van der Waals surface area contributed by atoms with Crippen molar-refractivity contribution in [1.29, 1.82) is 0 Å². The maximum absolute atomic E-state index is 11.9. The molecule has 0 atom stereocenters. The molecule has 1 heterocycles. The van der Waals surface area contributed by atoms with E-state index in [2.05, 4.69) is 10.4 Å². The zero-order valence-corrected chi connectivity index (χ0v) is 10.7. The van der Waals surface area contributed by atoms with Crippen LogP contribution < -0.4 is 11.1 Å². The molecule has 0 aliphatic carbocycles. The van der Waals surface area contributed by atoms with Crippen LogP contribution in [0, 0.1) is 6.92 Å². The second-order valence-electron chi connectivity index (χ2n) is 3.52. The summed E-state index contributed by atoms with van der Waals surface area (Å²) in [6.07, 6.45) is 0. The van der Waals surface area contributed by atoms with E-state index in [9.17, 15) is 18.0 Å². The minimum absolute atomic E-state index is 0.0906. The van der Waals surface area contributed by atoms with Gasteiger partial charge in [-0.05, 0) is 18.7 Å². The standard InChI is InChI=1S/C9H13F3N4OS/c1-5-6(13)7(16(2)15-5)8(17)14-3-4-18-9(10,11)12/h3-4,13H2,1-2H3,(H,14,17). The van der Waals surface area contributed by atoms with Gasteiger partial charge in [0.2, 0.25) is 0 Å². The quantitative estimate of drug-likeness (QED) is 0.816. The van der Waals surface area contributed by atoms with Crippen LogP contribution in [0.3, 0.4) is 0 Å². The van der Waals surface area contributed by atoms with Gasteiger partial charge >= 0.3 is 5.51 Å². The monoisotopic (exact) mass is 282 g/mol. The lowest BCUT2D eigenvalue weighted by Gasteiger charge is -2.07. The first-order valence-electron chi connectivity index (χ1n) is 5.00. The molecule has 0 aliphatic heterocycles. The molecule has 1 amide bonds. The summed E-state index contributed by atoms with van der Waals surface area (Å²) in [4.78, 5) is 11.7. The summed E-state index contributed by atoms with van der Waals surface area (Å²) in [5.74, 6) is -0.773. The van der Waals surface area contributed by atoms with Crippen LogP contribution in [0.25, 0.3) is 0 Å². The molecule has 0 aromatic carbocycles. The van der Waals surface area contributed by atoms with E-state index in [0.717, 1.165) is 0 Å². The fourth-order valence-corrected chi connectivity index (χ4v) is 1.79. The number of amides is 1. The predicted molar refractivity (Wildman–Crippen MR) is 63.2 cm³/mol. The van der Waals surface area contributed by atoms with Gasteiger partial charge in [-0.25, -0.2) is 0 Å². The van der Waals surface area contributed by atoms with Crippen LogP contribution >= 0.6 is 11.8 Å². The molecule has 102 valence electrons. The van der Waals surface area contributed by atoms with Crippen molar-refractivity contribution in [2.45, 2.75) is 12.4 Å². The van der Waals surface area contributed by atoms with E-state index in [1.807, 2.05) is 0 Å². The van der Waals surface area contributed by atoms with Gasteiger partial charge in [0.1, 0.15) is 5.69 Å². The van der Waals surface area contributed by atoms with Crippen LogP contribution in [-0.4, -0.2) is 33.5 Å². The zero-order chi connectivity index (χ0) is 13.9. The molecule has 0 fully saturated rings. The van der Waals surface area contributed by atoms with Crippen molar-refractivity contribution in [3.63, 3.8) is 0 Å². The number of carbonyl (C=O) groups excluding carboxylic acids is 1. The number of nitrogens with zero attached hydrogens (tertiary/aromatic N) is 2. The summed E-state index contributed by atoms with van der Waals surface area (Å²) >= 11 is -0.184. The van der Waals surface area contributed by atoms with Gasteiger partial charge in [0.25, 0.3) is 5.91 Å². The third-order valence-electron chi connectivity index (χ3n) is 2.14. The summed E-state index contributed by atoms with van der Waals surface area (Å²) in [7, 11) is 1.54. The van der Waals surface area contributed by atoms with E-state index in [1.54, 1.807) is 14.0 Å². The van der Waals surface area contributed by atoms with Gasteiger partial charge in [0, 0.05) is 19.3 Å². The number of hydrogen-bond acceptors (Lipinski definition) is 4. The number of nitrogens with one attached hydrogen (secondary N) is 1. The molecule has 0 saturated heterocycles. The number of nitrogen functional groups attached to an aromatic ring is 1. The van der Waals surface area contributed by atoms with Crippen LogP contribution in [0.1, 0.15) is 16.2 Å². The molecule has 9 heteroatoms. The second kappa shape index (κ2) is 5.51. The van der Waals surface area contributed by atoms with Crippen LogP contribution in [0.2, 0.25) is 0 Å². The minimum Gasteiger partial charge on any atom is -0.395 e. The summed E-state index contributed by atoms with van der Waals surface area (Å²) in [6.45, 7) is 1.55. The first kappa shape index (κ1) is 14.7. The average Bonchev–Trinajstić information content (AvgIpc) is 2.47. The number of alkyl halides is 3. The molecule has 0 saturated carbocycles. The highest BCUT2D eigenvalue weighted by Gasteiger charge is 2.27. The molecule has 0 spiro atoms. The van der Waals surface area contributed by atoms with Crippen molar-refractivity contribution >= 4 is 23.4 Å². The lowest BCUT2D eigenvalue weighted by Crippen LogP contribution is -2.29. The Morgan fingerprint density at radius 2 is 2.17 bits per heavy atom. The molecule has 0 bridgehead atoms. The molecular weight excluding hydrogens is 269 g/mol. The van der Waals surface area contributed by atoms with Gasteiger partial charge in [0.15, 0.2) is 0 Å². The highest BCUT2D eigenvalue weighted by atomic mass is 32.2. The molecule has 1 aromatic rings. The average molecular weight is 282 g/mol. The fourth-order valence-electron chi connectivity index (χ4n) is 1.36. The number of nitrogens with two attached hydrogens (primary N) is 1. The predicted octanol–water partition coefficient (Wildman–Crippen LogP) is 1.29. The Labute approximate surface area is 106 Å². The number of thioether (sulfide) groups is 1. The van der Waals surface area contributed by atoms with Gasteiger partial charge in [0.05, 0.1) is 11.4 Å². The molecule has 1 rings (SSSR count). The SMILES string of the molecule is Cc1nn(C)c(C(=O)NCCSC(F)(F)F)c1N. The van der Waals surface area contributed by atoms with Crippen molar-refractivity contribution in [2.75, 3.05) is 18.0 Å². The number of hydrogen-bond donors (Lipinski definition) is 2. The van der Waals surface area contributed by atoms with Crippen LogP contribution in [0.5, 0.6) is 0 Å². The van der Waals surface area contributed by atoms with Crippen molar-refractivity contribution in [2.24, 2.45) is 7.05 Å². The van der Waals surface area contributed by atoms with Gasteiger partial charge in [-0.15, -0.1) is 0 Å². The highest BCUT2D eigenvalue weighted by molar-refractivity contribution is 8.00. The molecule has 1 aromatic heterocycles. The third-order valence-corrected chi connectivity index (χ3v) is 2.87. The summed E-state index contributed by atoms with van der Waals surface area (Å²) < 4.78 is 36.9. The Hall–Kier alpha value is -1.38. The normalized spacial score (nSPS) is 11.6. The van der Waals surface area contributed by atoms with E-state index in [1.165, 1.54) is 4.68 Å². The molecule has 18 heavy (non-hydrogen) atoms. The first-order chi connectivity index (χ1) is 8.22. The summed E-state index contributed by atoms with van der Waals surface area (Å²) in [5.41, 5.74) is 2.26. The molecule has 3 N–H and O–H groups in total. The zero-order valence-electron chi connectivity index (χ0n) is 9.84. The highest BCUT2D eigenvalue weighted by Crippen LogP contribution is 2.29. The summed E-state index contributed by atoms with van der Waals surface area (Å²) in [6, 6.07) is 0. The molecule has 0 aliphatic rings. The van der Waals surface area contributed by atoms with Crippen molar-refractivity contribution in [3.8, 4) is 0 Å². The lowest BCUT2D eigenvalue weighted by molar-refractivity contribution is -0.0327. The molecule has 5 nitrogen and oxygen atoms in total. The first-order valence-corrected chi connectivity index (χ1v) is 5.99. The van der Waals surface area contributed by atoms with E-state index in [-0.39, 0.29) is 35.4 Å². The van der Waals surface area contributed by atoms with Crippen molar-refractivity contribution < 1.29 is 18.0 Å². The van der Waals surface area contributed by atoms with Crippen LogP contribution in [-0.2, 0) is 7.05 Å². The number of aryl methyl sites for hydroxylation is 2. The number of halogens is 3. The molecular formula is C9H13F3N4OS. The Balaban J connectivity index is 2.51. The van der Waals surface area contributed by atoms with Crippen LogP contribution in [0.15, 0.2) is 0 Å². The van der Waals surface area contributed by atoms with E-state index >= 15 is 0 Å². The number of anilines is 1. The molecule has 0 unspecified atom stereocenters. The fraction of sp³-hybridized carbons (Fsp3) is 0.556. The van der Waals surface area contributed by atoms with Gasteiger partial charge in [-0.3, -0.25) is 9.48 Å². The summed E-state index contributed by atoms with van der Waals surface area (Å²) in [5, 5.41) is 6.31. The molecule has 0 radical (unpaired) electrons. The number of rotatable bonds is 4. The third kappa shape index (κ3) is 3.83. The number of carbonyl (C=O) groups is 1. The largest absolute Gasteiger partial charge is 0.441 e. The van der Waals surface area contributed by atoms with Crippen molar-refractivity contribution in [1.82, 2.24) is 15.1 Å². The van der Waals surface area contributed by atoms with Gasteiger partial charge in [-0.2, -0.15) is 18.3 Å². The van der Waals surface area contributed by atoms with Crippen LogP contribution in [0.4, 0.5) is 18.9 Å². The maximum atomic E-state index is 11.9. The number of aromatic nitrogens is 2. The Morgan fingerprint density at radius 1 is 1.56 bits per heavy atom. The maximum Gasteiger partial charge on any atom is 0.441 e. The Kier molecular flexibility index (Phi) is 4.49. The van der Waals surface area contributed by atoms with Crippen molar-refractivity contribution in [3.05, 3.63) is 11.4 Å². The Morgan fingerprint density at radius 3 is 2.61 bits per heavy atom. The topological polar surface area (TPSA) is 72.9 Å². The Bertz CT molecular complexity index is 444. The van der Waals surface area contributed by atoms with Gasteiger partial charge < -0.3 is 11.1 Å². The smallest absolute Gasteiger partial charge is 0.395 e.